The van der Waals surface area contributed by atoms with Gasteiger partial charge in [0, 0.05) is 12.3 Å². The van der Waals surface area contributed by atoms with Gasteiger partial charge in [0.05, 0.1) is 22.5 Å². The number of nitrogens with zero attached hydrogens (tertiary/aromatic N) is 3. The molecule has 92 valence electrons. The molecule has 0 aromatic carbocycles. The molecular weight excluding hydrogens is 290 g/mol. The van der Waals surface area contributed by atoms with E-state index in [1.807, 2.05) is 0 Å². The summed E-state index contributed by atoms with van der Waals surface area (Å²) in [6.07, 6.45) is 3.15. The van der Waals surface area contributed by atoms with E-state index in [0.29, 0.717) is 5.82 Å². The number of anilines is 1. The fraction of sp³-hybridized carbons (Fsp3) is 0.500. The molecule has 17 heavy (non-hydrogen) atoms. The summed E-state index contributed by atoms with van der Waals surface area (Å²) >= 11 is 3.46. The number of aliphatic hydroxyl groups is 1. The SMILES string of the molecule is O=[N+]([O-])c1cccnc1N1C(Br)CCC1CO. The van der Waals surface area contributed by atoms with Crippen molar-refractivity contribution in [1.82, 2.24) is 4.98 Å². The molecule has 1 fully saturated rings. The maximum absolute atomic E-state index is 10.9. The second-order valence-corrected chi connectivity index (χ2v) is 4.92. The molecule has 0 spiro atoms. The van der Waals surface area contributed by atoms with Gasteiger partial charge in [-0.2, -0.15) is 0 Å². The number of aliphatic hydroxyl groups excluding tert-OH is 1. The zero-order valence-corrected chi connectivity index (χ0v) is 10.6. The lowest BCUT2D eigenvalue weighted by Gasteiger charge is -2.26. The van der Waals surface area contributed by atoms with Gasteiger partial charge in [-0.05, 0) is 18.9 Å². The van der Waals surface area contributed by atoms with Crippen LogP contribution in [0.2, 0.25) is 0 Å². The van der Waals surface area contributed by atoms with Crippen LogP contribution >= 0.6 is 15.9 Å². The molecule has 1 aliphatic rings. The Labute approximate surface area is 107 Å². The minimum Gasteiger partial charge on any atom is -0.394 e. The molecule has 2 unspecified atom stereocenters. The Balaban J connectivity index is 2.41. The number of rotatable bonds is 3. The van der Waals surface area contributed by atoms with Crippen LogP contribution in [0.25, 0.3) is 0 Å². The first-order valence-electron chi connectivity index (χ1n) is 5.28. The zero-order valence-electron chi connectivity index (χ0n) is 8.99. The summed E-state index contributed by atoms with van der Waals surface area (Å²) in [7, 11) is 0. The molecule has 1 aliphatic heterocycles. The van der Waals surface area contributed by atoms with Crippen molar-refractivity contribution in [3.05, 3.63) is 28.4 Å². The van der Waals surface area contributed by atoms with Gasteiger partial charge in [0.15, 0.2) is 0 Å². The van der Waals surface area contributed by atoms with E-state index in [9.17, 15) is 15.2 Å². The topological polar surface area (TPSA) is 79.5 Å². The number of aromatic nitrogens is 1. The minimum atomic E-state index is -0.450. The smallest absolute Gasteiger partial charge is 0.311 e. The van der Waals surface area contributed by atoms with Gasteiger partial charge >= 0.3 is 5.69 Å². The van der Waals surface area contributed by atoms with E-state index in [1.165, 1.54) is 18.3 Å². The summed E-state index contributed by atoms with van der Waals surface area (Å²) in [5.41, 5.74) is -0.0303. The monoisotopic (exact) mass is 301 g/mol. The first kappa shape index (κ1) is 12.3. The van der Waals surface area contributed by atoms with E-state index in [0.717, 1.165) is 12.8 Å². The normalized spacial score (nSPS) is 24.0. The average molecular weight is 302 g/mol. The molecule has 7 heteroatoms. The lowest BCUT2D eigenvalue weighted by Crippen LogP contribution is -2.36. The van der Waals surface area contributed by atoms with Crippen LogP contribution in [-0.4, -0.2) is 32.6 Å². The van der Waals surface area contributed by atoms with Crippen LogP contribution in [0, 0.1) is 10.1 Å². The van der Waals surface area contributed by atoms with Crippen LogP contribution in [0.4, 0.5) is 11.5 Å². The molecule has 1 saturated heterocycles. The fourth-order valence-corrected chi connectivity index (χ4v) is 2.84. The molecule has 2 atom stereocenters. The van der Waals surface area contributed by atoms with E-state index >= 15 is 0 Å². The molecule has 0 radical (unpaired) electrons. The van der Waals surface area contributed by atoms with Gasteiger partial charge in [0.25, 0.3) is 0 Å². The largest absolute Gasteiger partial charge is 0.394 e. The van der Waals surface area contributed by atoms with E-state index in [1.54, 1.807) is 4.90 Å². The van der Waals surface area contributed by atoms with E-state index in [4.69, 9.17) is 0 Å². The number of pyridine rings is 1. The Bertz CT molecular complexity index is 429. The van der Waals surface area contributed by atoms with Crippen molar-refractivity contribution in [2.45, 2.75) is 23.8 Å². The Kier molecular flexibility index (Phi) is 3.58. The van der Waals surface area contributed by atoms with Gasteiger partial charge in [-0.25, -0.2) is 4.98 Å². The summed E-state index contributed by atoms with van der Waals surface area (Å²) in [6, 6.07) is 2.84. The number of alkyl halides is 1. The number of nitro groups is 1. The molecule has 0 bridgehead atoms. The quantitative estimate of drug-likeness (QED) is 0.398. The van der Waals surface area contributed by atoms with E-state index in [2.05, 4.69) is 20.9 Å². The average Bonchev–Trinajstić information content (AvgIpc) is 2.70. The summed E-state index contributed by atoms with van der Waals surface area (Å²) < 4.78 is 0. The van der Waals surface area contributed by atoms with E-state index in [-0.39, 0.29) is 23.3 Å². The lowest BCUT2D eigenvalue weighted by atomic mass is 10.2. The Hall–Kier alpha value is -1.21. The van der Waals surface area contributed by atoms with Gasteiger partial charge in [-0.15, -0.1) is 0 Å². The molecule has 0 aliphatic carbocycles. The van der Waals surface area contributed by atoms with Crippen molar-refractivity contribution in [3.8, 4) is 0 Å². The fourth-order valence-electron chi connectivity index (χ4n) is 2.05. The van der Waals surface area contributed by atoms with Crippen molar-refractivity contribution in [2.75, 3.05) is 11.5 Å². The molecule has 1 aromatic rings. The number of hydrogen-bond acceptors (Lipinski definition) is 5. The predicted molar refractivity (Wildman–Crippen MR) is 66.2 cm³/mol. The highest BCUT2D eigenvalue weighted by atomic mass is 79.9. The third kappa shape index (κ3) is 2.25. The Morgan fingerprint density at radius 2 is 2.41 bits per heavy atom. The van der Waals surface area contributed by atoms with Gasteiger partial charge in [-0.3, -0.25) is 10.1 Å². The summed E-state index contributed by atoms with van der Waals surface area (Å²) in [4.78, 5) is 16.3. The molecule has 1 aromatic heterocycles. The van der Waals surface area contributed by atoms with E-state index < -0.39 is 4.92 Å². The maximum Gasteiger partial charge on any atom is 0.311 e. The number of hydrogen-bond donors (Lipinski definition) is 1. The van der Waals surface area contributed by atoms with Crippen LogP contribution in [0.5, 0.6) is 0 Å². The molecule has 2 rings (SSSR count). The van der Waals surface area contributed by atoms with Gasteiger partial charge < -0.3 is 10.0 Å². The highest BCUT2D eigenvalue weighted by molar-refractivity contribution is 9.09. The first-order chi connectivity index (χ1) is 8.15. The highest BCUT2D eigenvalue weighted by Gasteiger charge is 2.35. The van der Waals surface area contributed by atoms with Crippen LogP contribution in [0.3, 0.4) is 0 Å². The number of halogens is 1. The second-order valence-electron chi connectivity index (χ2n) is 3.86. The van der Waals surface area contributed by atoms with Gasteiger partial charge in [-0.1, -0.05) is 15.9 Å². The standard InChI is InChI=1S/C10H12BrN3O3/c11-9-4-3-7(6-15)13(9)10-8(14(16)17)2-1-5-12-10/h1-2,5,7,9,15H,3-4,6H2. The molecule has 1 N–H and O–H groups in total. The second kappa shape index (κ2) is 4.97. The molecule has 0 amide bonds. The summed E-state index contributed by atoms with van der Waals surface area (Å²) in [5.74, 6) is 0.316. The van der Waals surface area contributed by atoms with Crippen LogP contribution in [0.1, 0.15) is 12.8 Å². The predicted octanol–water partition coefficient (Wildman–Crippen LogP) is 1.67. The van der Waals surface area contributed by atoms with Crippen molar-refractivity contribution < 1.29 is 10.0 Å². The molecule has 0 saturated carbocycles. The maximum atomic E-state index is 10.9. The molecule has 2 heterocycles. The zero-order chi connectivity index (χ0) is 12.4. The molecule has 6 nitrogen and oxygen atoms in total. The summed E-state index contributed by atoms with van der Waals surface area (Å²) in [5, 5.41) is 20.2. The molecular formula is C10H12BrN3O3. The Morgan fingerprint density at radius 3 is 3.06 bits per heavy atom. The van der Waals surface area contributed by atoms with Gasteiger partial charge in [0.2, 0.25) is 5.82 Å². The summed E-state index contributed by atoms with van der Waals surface area (Å²) in [6.45, 7) is -0.0319. The van der Waals surface area contributed by atoms with Crippen LogP contribution in [-0.2, 0) is 0 Å². The third-order valence-corrected chi connectivity index (χ3v) is 3.75. The van der Waals surface area contributed by atoms with Crippen molar-refractivity contribution in [1.29, 1.82) is 0 Å². The van der Waals surface area contributed by atoms with Crippen LogP contribution < -0.4 is 4.90 Å². The van der Waals surface area contributed by atoms with Crippen LogP contribution in [0.15, 0.2) is 18.3 Å². The minimum absolute atomic E-state index is 0.0201. The van der Waals surface area contributed by atoms with Crippen molar-refractivity contribution in [2.24, 2.45) is 0 Å². The van der Waals surface area contributed by atoms with Gasteiger partial charge in [0.1, 0.15) is 0 Å². The lowest BCUT2D eigenvalue weighted by molar-refractivity contribution is -0.384. The third-order valence-electron chi connectivity index (χ3n) is 2.85. The Morgan fingerprint density at radius 1 is 1.65 bits per heavy atom. The highest BCUT2D eigenvalue weighted by Crippen LogP contribution is 2.36. The van der Waals surface area contributed by atoms with Crippen molar-refractivity contribution >= 4 is 27.4 Å². The van der Waals surface area contributed by atoms with Crippen molar-refractivity contribution in [3.63, 3.8) is 0 Å². The first-order valence-corrected chi connectivity index (χ1v) is 6.19.